The number of carbonyl (C=O) groups is 2. The molecule has 2 saturated heterocycles. The molecule has 0 radical (unpaired) electrons. The molecule has 2 fully saturated rings. The number of hydrogen-bond acceptors (Lipinski definition) is 3. The molecule has 5 nitrogen and oxygen atoms in total. The quantitative estimate of drug-likeness (QED) is 0.800. The van der Waals surface area contributed by atoms with Crippen LogP contribution in [-0.2, 0) is 4.79 Å². The highest BCUT2D eigenvalue weighted by Gasteiger charge is 2.43. The van der Waals surface area contributed by atoms with E-state index in [0.717, 1.165) is 32.0 Å². The molecule has 2 rings (SSSR count). The first-order valence-electron chi connectivity index (χ1n) is 7.76. The maximum atomic E-state index is 12.0. The molecule has 0 spiro atoms. The van der Waals surface area contributed by atoms with Crippen molar-refractivity contribution in [2.75, 3.05) is 26.2 Å². The van der Waals surface area contributed by atoms with Crippen molar-refractivity contribution >= 4 is 11.9 Å². The number of imide groups is 1. The topological polar surface area (TPSA) is 52.6 Å². The number of nitrogens with one attached hydrogen (secondary N) is 1. The molecule has 0 bridgehead atoms. The minimum Gasteiger partial charge on any atom is -0.324 e. The number of rotatable bonds is 4. The van der Waals surface area contributed by atoms with Gasteiger partial charge >= 0.3 is 6.03 Å². The molecule has 114 valence electrons. The second-order valence-electron chi connectivity index (χ2n) is 6.74. The monoisotopic (exact) mass is 281 g/mol. The lowest BCUT2D eigenvalue weighted by atomic mass is 10.0. The fourth-order valence-corrected chi connectivity index (χ4v) is 3.02. The zero-order chi connectivity index (χ0) is 14.8. The largest absolute Gasteiger partial charge is 0.325 e. The number of likely N-dealkylation sites (tertiary alicyclic amines) is 1. The number of carbonyl (C=O) groups excluding carboxylic acids is 2. The van der Waals surface area contributed by atoms with Gasteiger partial charge in [-0.25, -0.2) is 4.79 Å². The average molecular weight is 281 g/mol. The number of amides is 3. The van der Waals surface area contributed by atoms with E-state index in [1.165, 1.54) is 24.2 Å². The van der Waals surface area contributed by atoms with Crippen molar-refractivity contribution < 1.29 is 9.59 Å². The van der Waals surface area contributed by atoms with Crippen LogP contribution in [0.2, 0.25) is 0 Å². The highest BCUT2D eigenvalue weighted by Crippen LogP contribution is 2.18. The van der Waals surface area contributed by atoms with E-state index in [1.54, 1.807) is 13.8 Å². The molecule has 1 atom stereocenters. The zero-order valence-corrected chi connectivity index (χ0v) is 12.9. The molecule has 2 aliphatic heterocycles. The molecular formula is C15H27N3O2. The van der Waals surface area contributed by atoms with Gasteiger partial charge in [-0.05, 0) is 65.1 Å². The Labute approximate surface area is 121 Å². The van der Waals surface area contributed by atoms with Crippen LogP contribution in [0.1, 0.15) is 46.5 Å². The lowest BCUT2D eigenvalue weighted by Crippen LogP contribution is -2.40. The highest BCUT2D eigenvalue weighted by molar-refractivity contribution is 6.06. The van der Waals surface area contributed by atoms with E-state index < -0.39 is 5.54 Å². The van der Waals surface area contributed by atoms with Crippen molar-refractivity contribution in [3.8, 4) is 0 Å². The number of nitrogens with zero attached hydrogens (tertiary/aromatic N) is 2. The predicted molar refractivity (Wildman–Crippen MR) is 78.4 cm³/mol. The predicted octanol–water partition coefficient (Wildman–Crippen LogP) is 1.83. The Morgan fingerprint density at radius 2 is 1.95 bits per heavy atom. The van der Waals surface area contributed by atoms with Gasteiger partial charge in [-0.2, -0.15) is 0 Å². The lowest BCUT2D eigenvalue weighted by Gasteiger charge is -2.21. The lowest BCUT2D eigenvalue weighted by molar-refractivity contribution is -0.130. The Balaban J connectivity index is 1.76. The second kappa shape index (κ2) is 6.12. The van der Waals surface area contributed by atoms with Crippen LogP contribution < -0.4 is 5.32 Å². The van der Waals surface area contributed by atoms with Crippen LogP contribution in [0, 0.1) is 5.92 Å². The first-order valence-corrected chi connectivity index (χ1v) is 7.76. The van der Waals surface area contributed by atoms with Crippen molar-refractivity contribution in [3.63, 3.8) is 0 Å². The third kappa shape index (κ3) is 3.51. The summed E-state index contributed by atoms with van der Waals surface area (Å²) in [5.41, 5.74) is -0.741. The van der Waals surface area contributed by atoms with Gasteiger partial charge in [0, 0.05) is 6.54 Å². The van der Waals surface area contributed by atoms with Crippen molar-refractivity contribution in [2.24, 2.45) is 5.92 Å². The van der Waals surface area contributed by atoms with E-state index in [1.807, 2.05) is 0 Å². The fourth-order valence-electron chi connectivity index (χ4n) is 3.02. The summed E-state index contributed by atoms with van der Waals surface area (Å²) in [6.07, 6.45) is 4.70. The maximum absolute atomic E-state index is 12.0. The number of hydrogen-bond donors (Lipinski definition) is 1. The van der Waals surface area contributed by atoms with Crippen LogP contribution in [0.3, 0.4) is 0 Å². The maximum Gasteiger partial charge on any atom is 0.325 e. The molecule has 2 aliphatic rings. The minimum atomic E-state index is -0.741. The minimum absolute atomic E-state index is 0.105. The Hall–Kier alpha value is -1.10. The fraction of sp³-hybridized carbons (Fsp3) is 0.867. The summed E-state index contributed by atoms with van der Waals surface area (Å²) < 4.78 is 0. The van der Waals surface area contributed by atoms with Crippen LogP contribution in [0.15, 0.2) is 0 Å². The molecule has 0 aliphatic carbocycles. The standard InChI is InChI=1S/C15H27N3O2/c1-12-6-4-8-17(11-7-12)9-5-10-18-13(19)15(2,3)16-14(18)20/h12H,4-11H2,1-3H3,(H,16,20). The molecule has 20 heavy (non-hydrogen) atoms. The second-order valence-corrected chi connectivity index (χ2v) is 6.74. The van der Waals surface area contributed by atoms with E-state index in [2.05, 4.69) is 17.1 Å². The smallest absolute Gasteiger partial charge is 0.324 e. The summed E-state index contributed by atoms with van der Waals surface area (Å²) in [6, 6.07) is -0.246. The van der Waals surface area contributed by atoms with E-state index >= 15 is 0 Å². The van der Waals surface area contributed by atoms with Crippen LogP contribution in [-0.4, -0.2) is 53.5 Å². The van der Waals surface area contributed by atoms with Crippen molar-refractivity contribution in [2.45, 2.75) is 52.0 Å². The van der Waals surface area contributed by atoms with E-state index in [4.69, 9.17) is 0 Å². The van der Waals surface area contributed by atoms with Gasteiger partial charge in [-0.15, -0.1) is 0 Å². The van der Waals surface area contributed by atoms with Gasteiger partial charge in [-0.1, -0.05) is 6.92 Å². The van der Waals surface area contributed by atoms with Crippen molar-refractivity contribution in [1.29, 1.82) is 0 Å². The van der Waals surface area contributed by atoms with Crippen LogP contribution in [0.4, 0.5) is 4.79 Å². The SMILES string of the molecule is CC1CCCN(CCCN2C(=O)NC(C)(C)C2=O)CC1. The van der Waals surface area contributed by atoms with Crippen molar-refractivity contribution in [3.05, 3.63) is 0 Å². The van der Waals surface area contributed by atoms with Gasteiger partial charge in [0.2, 0.25) is 0 Å². The van der Waals surface area contributed by atoms with Gasteiger partial charge < -0.3 is 10.2 Å². The normalized spacial score (nSPS) is 27.6. The average Bonchev–Trinajstić information content (AvgIpc) is 2.54. The molecule has 0 aromatic rings. The molecular weight excluding hydrogens is 254 g/mol. The van der Waals surface area contributed by atoms with Crippen LogP contribution >= 0.6 is 0 Å². The Morgan fingerprint density at radius 1 is 1.20 bits per heavy atom. The Bertz CT molecular complexity index is 381. The first kappa shape index (κ1) is 15.3. The Kier molecular flexibility index (Phi) is 4.68. The zero-order valence-electron chi connectivity index (χ0n) is 12.9. The van der Waals surface area contributed by atoms with Gasteiger partial charge in [0.25, 0.3) is 5.91 Å². The summed E-state index contributed by atoms with van der Waals surface area (Å²) in [5.74, 6) is 0.721. The van der Waals surface area contributed by atoms with Gasteiger partial charge in [-0.3, -0.25) is 9.69 Å². The molecule has 1 unspecified atom stereocenters. The molecule has 3 amide bonds. The third-order valence-electron chi connectivity index (χ3n) is 4.41. The molecule has 1 N–H and O–H groups in total. The van der Waals surface area contributed by atoms with Gasteiger partial charge in [0.05, 0.1) is 0 Å². The van der Waals surface area contributed by atoms with Crippen molar-refractivity contribution in [1.82, 2.24) is 15.1 Å². The summed E-state index contributed by atoms with van der Waals surface area (Å²) >= 11 is 0. The van der Waals surface area contributed by atoms with Crippen LogP contribution in [0.5, 0.6) is 0 Å². The Morgan fingerprint density at radius 3 is 2.60 bits per heavy atom. The van der Waals surface area contributed by atoms with Crippen LogP contribution in [0.25, 0.3) is 0 Å². The summed E-state index contributed by atoms with van der Waals surface area (Å²) in [6.45, 7) is 9.62. The number of urea groups is 1. The molecule has 2 heterocycles. The molecule has 5 heteroatoms. The van der Waals surface area contributed by atoms with Gasteiger partial charge in [0.15, 0.2) is 0 Å². The van der Waals surface area contributed by atoms with E-state index in [-0.39, 0.29) is 11.9 Å². The molecule has 0 aromatic carbocycles. The van der Waals surface area contributed by atoms with Gasteiger partial charge in [0.1, 0.15) is 5.54 Å². The summed E-state index contributed by atoms with van der Waals surface area (Å²) in [4.78, 5) is 27.6. The van der Waals surface area contributed by atoms with E-state index in [0.29, 0.717) is 6.54 Å². The molecule has 0 saturated carbocycles. The van der Waals surface area contributed by atoms with E-state index in [9.17, 15) is 9.59 Å². The third-order valence-corrected chi connectivity index (χ3v) is 4.41. The molecule has 0 aromatic heterocycles. The summed E-state index contributed by atoms with van der Waals surface area (Å²) in [7, 11) is 0. The first-order chi connectivity index (χ1) is 9.40. The highest BCUT2D eigenvalue weighted by atomic mass is 16.2. The summed E-state index contributed by atoms with van der Waals surface area (Å²) in [5, 5.41) is 2.72.